The van der Waals surface area contributed by atoms with Crippen LogP contribution in [0.25, 0.3) is 0 Å². The topological polar surface area (TPSA) is 33.6 Å². The van der Waals surface area contributed by atoms with E-state index in [1.165, 1.54) is 30.0 Å². The van der Waals surface area contributed by atoms with E-state index in [9.17, 15) is 13.2 Å². The molecule has 0 radical (unpaired) electrons. The van der Waals surface area contributed by atoms with Gasteiger partial charge in [-0.05, 0) is 18.1 Å². The quantitative estimate of drug-likeness (QED) is 0.901. The Morgan fingerprint density at radius 1 is 1.37 bits per heavy atom. The molecule has 0 saturated heterocycles. The molecule has 19 heavy (non-hydrogen) atoms. The van der Waals surface area contributed by atoms with Gasteiger partial charge in [-0.1, -0.05) is 30.8 Å². The molecule has 104 valence electrons. The Kier molecular flexibility index (Phi) is 4.24. The Labute approximate surface area is 113 Å². The molecule has 1 unspecified atom stereocenters. The minimum Gasteiger partial charge on any atom is -0.404 e. The van der Waals surface area contributed by atoms with Gasteiger partial charge in [-0.3, -0.25) is 4.99 Å². The van der Waals surface area contributed by atoms with Crippen molar-refractivity contribution in [2.45, 2.75) is 13.3 Å². The van der Waals surface area contributed by atoms with Crippen molar-refractivity contribution in [2.75, 3.05) is 17.6 Å². The van der Waals surface area contributed by atoms with E-state index in [1.807, 2.05) is 0 Å². The highest BCUT2D eigenvalue weighted by Crippen LogP contribution is 2.31. The summed E-state index contributed by atoms with van der Waals surface area (Å²) in [6.07, 6.45) is -4.70. The molecule has 1 aliphatic heterocycles. The number of anilines is 1. The number of nitrogens with one attached hydrogen (secondary N) is 1. The van der Waals surface area contributed by atoms with Crippen LogP contribution in [0.2, 0.25) is 0 Å². The normalized spacial score (nSPS) is 19.8. The molecule has 1 aliphatic rings. The molecule has 0 spiro atoms. The van der Waals surface area contributed by atoms with Crippen LogP contribution in [0, 0.1) is 5.92 Å². The summed E-state index contributed by atoms with van der Waals surface area (Å²) in [6, 6.07) is 5.93. The fourth-order valence-corrected chi connectivity index (χ4v) is 2.43. The van der Waals surface area contributed by atoms with Gasteiger partial charge in [0.15, 0.2) is 10.9 Å². The van der Waals surface area contributed by atoms with Gasteiger partial charge in [0.25, 0.3) is 0 Å². The molecule has 1 aromatic rings. The van der Waals surface area contributed by atoms with E-state index in [0.29, 0.717) is 17.6 Å². The lowest BCUT2D eigenvalue weighted by molar-refractivity contribution is -0.274. The van der Waals surface area contributed by atoms with Crippen molar-refractivity contribution in [3.63, 3.8) is 0 Å². The molecule has 0 saturated carbocycles. The molecular formula is C12H13F3N2OS. The number of para-hydroxylation sites is 2. The van der Waals surface area contributed by atoms with Crippen LogP contribution in [-0.4, -0.2) is 23.8 Å². The standard InChI is InChI=1S/C12H13F3N2OS/c1-8-6-16-11(19-7-8)17-9-4-2-3-5-10(9)18-12(13,14)15/h2-5,8H,6-7H2,1H3,(H,16,17). The third kappa shape index (κ3) is 4.34. The Bertz CT molecular complexity index is 476. The molecule has 1 heterocycles. The molecule has 1 atom stereocenters. The number of rotatable bonds is 2. The number of benzene rings is 1. The average molecular weight is 290 g/mol. The van der Waals surface area contributed by atoms with Crippen LogP contribution in [0.1, 0.15) is 6.92 Å². The second-order valence-corrected chi connectivity index (χ2v) is 5.24. The highest BCUT2D eigenvalue weighted by molar-refractivity contribution is 8.14. The van der Waals surface area contributed by atoms with Crippen LogP contribution in [0.15, 0.2) is 29.3 Å². The number of hydrogen-bond donors (Lipinski definition) is 1. The number of halogens is 3. The maximum Gasteiger partial charge on any atom is 0.573 e. The monoisotopic (exact) mass is 290 g/mol. The first kappa shape index (κ1) is 14.0. The number of ether oxygens (including phenoxy) is 1. The Morgan fingerprint density at radius 2 is 2.11 bits per heavy atom. The minimum absolute atomic E-state index is 0.253. The lowest BCUT2D eigenvalue weighted by Gasteiger charge is -2.19. The van der Waals surface area contributed by atoms with Crippen LogP contribution in [0.5, 0.6) is 5.75 Å². The molecule has 2 rings (SSSR count). The number of hydrogen-bond acceptors (Lipinski definition) is 4. The van der Waals surface area contributed by atoms with E-state index in [2.05, 4.69) is 22.0 Å². The zero-order chi connectivity index (χ0) is 13.9. The van der Waals surface area contributed by atoms with Gasteiger partial charge >= 0.3 is 6.36 Å². The molecule has 0 aromatic heterocycles. The SMILES string of the molecule is CC1CN=C(Nc2ccccc2OC(F)(F)F)SC1. The van der Waals surface area contributed by atoms with Crippen molar-refractivity contribution < 1.29 is 17.9 Å². The Morgan fingerprint density at radius 3 is 2.74 bits per heavy atom. The van der Waals surface area contributed by atoms with E-state index in [-0.39, 0.29) is 11.4 Å². The third-order valence-electron chi connectivity index (χ3n) is 2.41. The summed E-state index contributed by atoms with van der Waals surface area (Å²) in [6.45, 7) is 2.76. The predicted octanol–water partition coefficient (Wildman–Crippen LogP) is 3.74. The van der Waals surface area contributed by atoms with E-state index in [0.717, 1.165) is 5.75 Å². The first-order valence-corrected chi connectivity index (χ1v) is 6.71. The molecule has 0 fully saturated rings. The Hall–Kier alpha value is -1.37. The second-order valence-electron chi connectivity index (χ2n) is 4.23. The number of thioether (sulfide) groups is 1. The van der Waals surface area contributed by atoms with E-state index in [4.69, 9.17) is 0 Å². The van der Waals surface area contributed by atoms with Gasteiger partial charge in [-0.15, -0.1) is 13.2 Å². The predicted molar refractivity (Wildman–Crippen MR) is 70.7 cm³/mol. The van der Waals surface area contributed by atoms with Crippen LogP contribution < -0.4 is 10.1 Å². The van der Waals surface area contributed by atoms with Gasteiger partial charge in [0.2, 0.25) is 0 Å². The van der Waals surface area contributed by atoms with Crippen molar-refractivity contribution in [3.05, 3.63) is 24.3 Å². The van der Waals surface area contributed by atoms with Crippen molar-refractivity contribution in [1.82, 2.24) is 0 Å². The largest absolute Gasteiger partial charge is 0.573 e. The molecule has 0 amide bonds. The molecule has 7 heteroatoms. The van der Waals surface area contributed by atoms with Crippen LogP contribution in [-0.2, 0) is 0 Å². The summed E-state index contributed by atoms with van der Waals surface area (Å²) in [7, 11) is 0. The fourth-order valence-electron chi connectivity index (χ4n) is 1.53. The van der Waals surface area contributed by atoms with Crippen molar-refractivity contribution in [3.8, 4) is 5.75 Å². The number of nitrogens with zero attached hydrogens (tertiary/aromatic N) is 1. The average Bonchev–Trinajstić information content (AvgIpc) is 2.33. The van der Waals surface area contributed by atoms with Crippen molar-refractivity contribution in [1.29, 1.82) is 0 Å². The number of aliphatic imine (C=N–C) groups is 1. The van der Waals surface area contributed by atoms with Crippen LogP contribution in [0.3, 0.4) is 0 Å². The molecule has 3 nitrogen and oxygen atoms in total. The summed E-state index contributed by atoms with van der Waals surface area (Å²) in [5.74, 6) is 1.13. The van der Waals surface area contributed by atoms with E-state index in [1.54, 1.807) is 6.07 Å². The lowest BCUT2D eigenvalue weighted by Crippen LogP contribution is -2.21. The lowest BCUT2D eigenvalue weighted by atomic mass is 10.2. The molecule has 1 aromatic carbocycles. The van der Waals surface area contributed by atoms with Gasteiger partial charge in [-0.2, -0.15) is 0 Å². The smallest absolute Gasteiger partial charge is 0.404 e. The summed E-state index contributed by atoms with van der Waals surface area (Å²) in [4.78, 5) is 4.28. The van der Waals surface area contributed by atoms with Gasteiger partial charge in [-0.25, -0.2) is 0 Å². The summed E-state index contributed by atoms with van der Waals surface area (Å²) in [5.41, 5.74) is 0.264. The Balaban J connectivity index is 2.12. The molecule has 0 bridgehead atoms. The zero-order valence-corrected chi connectivity index (χ0v) is 11.0. The second kappa shape index (κ2) is 5.73. The van der Waals surface area contributed by atoms with E-state index >= 15 is 0 Å². The molecular weight excluding hydrogens is 277 g/mol. The zero-order valence-electron chi connectivity index (χ0n) is 10.2. The summed E-state index contributed by atoms with van der Waals surface area (Å²) >= 11 is 1.49. The van der Waals surface area contributed by atoms with E-state index < -0.39 is 6.36 Å². The van der Waals surface area contributed by atoms with Crippen LogP contribution >= 0.6 is 11.8 Å². The maximum atomic E-state index is 12.3. The summed E-state index contributed by atoms with van der Waals surface area (Å²) in [5, 5.41) is 3.50. The van der Waals surface area contributed by atoms with Gasteiger partial charge in [0, 0.05) is 12.3 Å². The highest BCUT2D eigenvalue weighted by Gasteiger charge is 2.32. The maximum absolute atomic E-state index is 12.3. The van der Waals surface area contributed by atoms with Crippen LogP contribution in [0.4, 0.5) is 18.9 Å². The first-order chi connectivity index (χ1) is 8.94. The van der Waals surface area contributed by atoms with Gasteiger partial charge < -0.3 is 10.1 Å². The first-order valence-electron chi connectivity index (χ1n) is 5.73. The fraction of sp³-hybridized carbons (Fsp3) is 0.417. The highest BCUT2D eigenvalue weighted by atomic mass is 32.2. The van der Waals surface area contributed by atoms with Crippen molar-refractivity contribution >= 4 is 22.6 Å². The summed E-state index contributed by atoms with van der Waals surface area (Å²) < 4.78 is 40.8. The molecule has 1 N–H and O–H groups in total. The number of alkyl halides is 3. The minimum atomic E-state index is -4.70. The van der Waals surface area contributed by atoms with Gasteiger partial charge in [0.05, 0.1) is 5.69 Å². The third-order valence-corrected chi connectivity index (χ3v) is 3.65. The number of amidine groups is 1. The molecule has 0 aliphatic carbocycles. The van der Waals surface area contributed by atoms with Crippen molar-refractivity contribution in [2.24, 2.45) is 10.9 Å². The van der Waals surface area contributed by atoms with Gasteiger partial charge in [0.1, 0.15) is 0 Å².